The molecule has 5 rings (SSSR count). The van der Waals surface area contributed by atoms with Gasteiger partial charge in [-0.15, -0.1) is 0 Å². The van der Waals surface area contributed by atoms with Crippen LogP contribution in [0, 0.1) is 0 Å². The van der Waals surface area contributed by atoms with Gasteiger partial charge in [0.05, 0.1) is 25.2 Å². The van der Waals surface area contributed by atoms with E-state index in [0.717, 1.165) is 12.3 Å². The second-order valence-electron chi connectivity index (χ2n) is 9.99. The standard InChI is InChI=1S/C27H28F5N11O2/c1-3-33-26(44)43(21-14-34-20(13-35-21)15-10-37-25(45-2)38-11-15)17-6-4-16(5-7-17)39-24-36-12-18(27(30,31)32)22(40-24)19-8-9-42(41-19)23(28)29/h8-14,16-17,23H,3-7H2,1-2H3,(H,33,44)(H,36,39,40). The average Bonchev–Trinajstić information content (AvgIpc) is 3.53. The number of methoxy groups -OCH3 is 1. The number of halogens is 5. The van der Waals surface area contributed by atoms with Crippen LogP contribution < -0.4 is 20.3 Å². The number of aromatic nitrogens is 8. The molecule has 238 valence electrons. The number of hydrogen-bond acceptors (Lipinski definition) is 10. The fourth-order valence-electron chi connectivity index (χ4n) is 4.93. The predicted octanol–water partition coefficient (Wildman–Crippen LogP) is 4.97. The van der Waals surface area contributed by atoms with Gasteiger partial charge in [-0.3, -0.25) is 9.88 Å². The molecule has 1 saturated carbocycles. The summed E-state index contributed by atoms with van der Waals surface area (Å²) in [4.78, 5) is 39.5. The van der Waals surface area contributed by atoms with E-state index in [1.54, 1.807) is 24.2 Å². The second kappa shape index (κ2) is 13.3. The van der Waals surface area contributed by atoms with E-state index >= 15 is 0 Å². The number of rotatable bonds is 9. The molecule has 0 spiro atoms. The Bertz CT molecular complexity index is 1590. The van der Waals surface area contributed by atoms with Crippen molar-refractivity contribution < 1.29 is 31.5 Å². The average molecular weight is 634 g/mol. The molecule has 1 aliphatic rings. The molecule has 0 bridgehead atoms. The van der Waals surface area contributed by atoms with Crippen LogP contribution in [0.2, 0.25) is 0 Å². The summed E-state index contributed by atoms with van der Waals surface area (Å²) in [5, 5.41) is 9.39. The van der Waals surface area contributed by atoms with Gasteiger partial charge in [0.15, 0.2) is 5.82 Å². The van der Waals surface area contributed by atoms with Gasteiger partial charge in [-0.25, -0.2) is 34.4 Å². The summed E-state index contributed by atoms with van der Waals surface area (Å²) in [7, 11) is 1.46. The van der Waals surface area contributed by atoms with Crippen LogP contribution in [0.1, 0.15) is 44.7 Å². The van der Waals surface area contributed by atoms with Crippen LogP contribution >= 0.6 is 0 Å². The minimum absolute atomic E-state index is 0.0994. The highest BCUT2D eigenvalue weighted by Gasteiger charge is 2.37. The van der Waals surface area contributed by atoms with Crippen molar-refractivity contribution in [3.05, 3.63) is 48.8 Å². The lowest BCUT2D eigenvalue weighted by molar-refractivity contribution is -0.137. The van der Waals surface area contributed by atoms with Crippen molar-refractivity contribution in [1.82, 2.24) is 45.0 Å². The van der Waals surface area contributed by atoms with Gasteiger partial charge in [0.25, 0.3) is 0 Å². The van der Waals surface area contributed by atoms with E-state index in [0.29, 0.717) is 55.5 Å². The molecule has 4 aromatic heterocycles. The van der Waals surface area contributed by atoms with Gasteiger partial charge in [0, 0.05) is 49.0 Å². The first kappa shape index (κ1) is 31.4. The third kappa shape index (κ3) is 7.21. The van der Waals surface area contributed by atoms with E-state index in [4.69, 9.17) is 4.74 Å². The first-order valence-electron chi connectivity index (χ1n) is 13.9. The Balaban J connectivity index is 1.30. The highest BCUT2D eigenvalue weighted by molar-refractivity contribution is 5.91. The van der Waals surface area contributed by atoms with E-state index in [1.807, 2.05) is 0 Å². The van der Waals surface area contributed by atoms with Gasteiger partial charge in [0.2, 0.25) is 5.95 Å². The highest BCUT2D eigenvalue weighted by Crippen LogP contribution is 2.36. The van der Waals surface area contributed by atoms with E-state index in [9.17, 15) is 26.7 Å². The molecule has 4 aromatic rings. The van der Waals surface area contributed by atoms with Crippen molar-refractivity contribution in [2.24, 2.45) is 0 Å². The number of nitrogens with zero attached hydrogens (tertiary/aromatic N) is 9. The summed E-state index contributed by atoms with van der Waals surface area (Å²) in [6, 6.07) is 0.422. The maximum atomic E-state index is 13.7. The molecule has 2 amide bonds. The zero-order valence-electron chi connectivity index (χ0n) is 24.0. The van der Waals surface area contributed by atoms with Crippen molar-refractivity contribution in [3.63, 3.8) is 0 Å². The van der Waals surface area contributed by atoms with Crippen LogP contribution in [0.3, 0.4) is 0 Å². The fourth-order valence-corrected chi connectivity index (χ4v) is 4.93. The van der Waals surface area contributed by atoms with Gasteiger partial charge in [-0.05, 0) is 38.7 Å². The lowest BCUT2D eigenvalue weighted by Gasteiger charge is -2.36. The Labute approximate surface area is 253 Å². The Hall–Kier alpha value is -5.03. The van der Waals surface area contributed by atoms with Crippen molar-refractivity contribution in [3.8, 4) is 28.7 Å². The molecule has 4 heterocycles. The van der Waals surface area contributed by atoms with Crippen LogP contribution in [0.5, 0.6) is 6.01 Å². The summed E-state index contributed by atoms with van der Waals surface area (Å²) in [6.07, 6.45) is 4.85. The van der Waals surface area contributed by atoms with Gasteiger partial charge >= 0.3 is 24.8 Å². The summed E-state index contributed by atoms with van der Waals surface area (Å²) in [5.74, 6) is 0.243. The number of urea groups is 1. The van der Waals surface area contributed by atoms with Crippen LogP contribution in [-0.4, -0.2) is 71.5 Å². The van der Waals surface area contributed by atoms with Gasteiger partial charge in [0.1, 0.15) is 17.0 Å². The third-order valence-electron chi connectivity index (χ3n) is 7.08. The van der Waals surface area contributed by atoms with Crippen LogP contribution in [-0.2, 0) is 6.18 Å². The zero-order valence-corrected chi connectivity index (χ0v) is 24.0. The second-order valence-corrected chi connectivity index (χ2v) is 9.99. The maximum absolute atomic E-state index is 13.7. The van der Waals surface area contributed by atoms with Gasteiger partial charge < -0.3 is 15.4 Å². The predicted molar refractivity (Wildman–Crippen MR) is 150 cm³/mol. The third-order valence-corrected chi connectivity index (χ3v) is 7.08. The van der Waals surface area contributed by atoms with Crippen molar-refractivity contribution in [1.29, 1.82) is 0 Å². The minimum Gasteiger partial charge on any atom is -0.467 e. The molecular formula is C27H28F5N11O2. The topological polar surface area (TPSA) is 149 Å². The molecule has 2 N–H and O–H groups in total. The van der Waals surface area contributed by atoms with Gasteiger partial charge in [-0.2, -0.15) is 27.1 Å². The number of ether oxygens (including phenoxy) is 1. The largest absolute Gasteiger partial charge is 0.467 e. The molecule has 13 nitrogen and oxygen atoms in total. The molecular weight excluding hydrogens is 605 g/mol. The summed E-state index contributed by atoms with van der Waals surface area (Å²) >= 11 is 0. The smallest absolute Gasteiger partial charge is 0.420 e. The molecule has 1 aliphatic carbocycles. The monoisotopic (exact) mass is 633 g/mol. The van der Waals surface area contributed by atoms with Crippen molar-refractivity contribution >= 4 is 17.8 Å². The number of carbonyl (C=O) groups is 1. The summed E-state index contributed by atoms with van der Waals surface area (Å²) in [5.41, 5.74) is -1.05. The van der Waals surface area contributed by atoms with E-state index < -0.39 is 24.0 Å². The molecule has 18 heteroatoms. The number of carbonyl (C=O) groups excluding carboxylic acids is 1. The Morgan fingerprint density at radius 2 is 1.76 bits per heavy atom. The quantitative estimate of drug-likeness (QED) is 0.242. The minimum atomic E-state index is -4.83. The van der Waals surface area contributed by atoms with Crippen molar-refractivity contribution in [2.75, 3.05) is 23.9 Å². The van der Waals surface area contributed by atoms with Crippen molar-refractivity contribution in [2.45, 2.75) is 57.4 Å². The number of amides is 2. The lowest BCUT2D eigenvalue weighted by Crippen LogP contribution is -2.49. The highest BCUT2D eigenvalue weighted by atomic mass is 19.4. The first-order chi connectivity index (χ1) is 21.6. The fraction of sp³-hybridized carbons (Fsp3) is 0.407. The first-order valence-corrected chi connectivity index (χ1v) is 13.9. The summed E-state index contributed by atoms with van der Waals surface area (Å²) < 4.78 is 72.2. The molecule has 0 unspecified atom stereocenters. The Kier molecular flexibility index (Phi) is 9.29. The number of alkyl halides is 5. The summed E-state index contributed by atoms with van der Waals surface area (Å²) in [6.45, 7) is -0.830. The molecule has 0 aromatic carbocycles. The van der Waals surface area contributed by atoms with Crippen LogP contribution in [0.4, 0.5) is 38.5 Å². The van der Waals surface area contributed by atoms with Crippen LogP contribution in [0.15, 0.2) is 43.2 Å². The molecule has 45 heavy (non-hydrogen) atoms. The lowest BCUT2D eigenvalue weighted by atomic mass is 9.90. The number of nitrogens with one attached hydrogen (secondary N) is 2. The Morgan fingerprint density at radius 1 is 1.02 bits per heavy atom. The van der Waals surface area contributed by atoms with E-state index in [1.165, 1.54) is 19.5 Å². The Morgan fingerprint density at radius 3 is 2.33 bits per heavy atom. The maximum Gasteiger partial charge on any atom is 0.420 e. The molecule has 0 atom stereocenters. The zero-order chi connectivity index (χ0) is 32.1. The number of anilines is 2. The SMILES string of the molecule is CCNC(=O)N(c1cnc(-c2cnc(OC)nc2)cn1)C1CCC(Nc2ncc(C(F)(F)F)c(-c3ccn(C(F)F)n3)n2)CC1. The van der Waals surface area contributed by atoms with E-state index in [2.05, 4.69) is 45.6 Å². The normalized spacial score (nSPS) is 16.8. The number of hydrogen-bond donors (Lipinski definition) is 2. The molecule has 0 saturated heterocycles. The van der Waals surface area contributed by atoms with E-state index in [-0.39, 0.29) is 40.4 Å². The van der Waals surface area contributed by atoms with Crippen LogP contribution in [0.25, 0.3) is 22.6 Å². The molecule has 0 aliphatic heterocycles. The molecule has 0 radical (unpaired) electrons. The molecule has 1 fully saturated rings. The van der Waals surface area contributed by atoms with Gasteiger partial charge in [-0.1, -0.05) is 0 Å².